The van der Waals surface area contributed by atoms with Gasteiger partial charge in [-0.05, 0) is 25.0 Å². The zero-order valence-corrected chi connectivity index (χ0v) is 13.7. The highest BCUT2D eigenvalue weighted by atomic mass is 35.5. The van der Waals surface area contributed by atoms with Gasteiger partial charge in [-0.1, -0.05) is 36.6 Å². The van der Waals surface area contributed by atoms with Gasteiger partial charge in [-0.3, -0.25) is 0 Å². The minimum Gasteiger partial charge on any atom is -0.365 e. The molecule has 0 radical (unpaired) electrons. The van der Waals surface area contributed by atoms with Crippen LogP contribution in [-0.2, 0) is 7.05 Å². The lowest BCUT2D eigenvalue weighted by molar-refractivity contribution is 0.751. The summed E-state index contributed by atoms with van der Waals surface area (Å²) in [4.78, 5) is 13.6. The molecule has 3 aromatic rings. The number of nitrogens with one attached hydrogen (secondary N) is 1. The van der Waals surface area contributed by atoms with Crippen LogP contribution in [0.2, 0.25) is 5.02 Å². The monoisotopic (exact) mass is 327 g/mol. The second-order valence-electron chi connectivity index (χ2n) is 5.99. The van der Waals surface area contributed by atoms with Gasteiger partial charge in [-0.15, -0.1) is 0 Å². The molecule has 0 atom stereocenters. The van der Waals surface area contributed by atoms with Crippen LogP contribution >= 0.6 is 11.6 Å². The van der Waals surface area contributed by atoms with Crippen LogP contribution in [0.15, 0.2) is 30.6 Å². The summed E-state index contributed by atoms with van der Waals surface area (Å²) >= 11 is 6.33. The molecule has 0 saturated heterocycles. The van der Waals surface area contributed by atoms with E-state index in [0.717, 1.165) is 28.4 Å². The number of halogens is 1. The Morgan fingerprint density at radius 2 is 1.96 bits per heavy atom. The summed E-state index contributed by atoms with van der Waals surface area (Å²) < 4.78 is 1.97. The number of fused-ring (bicyclic) bond motifs is 1. The highest BCUT2D eigenvalue weighted by Crippen LogP contribution is 2.31. The number of rotatable bonds is 3. The standard InChI is InChI=1S/C17H18ClN5/c1-23-16(12-8-4-5-9-13(12)18)22-14-15(19-10-20-17(14)23)21-11-6-2-3-7-11/h4-5,8-11H,2-3,6-7H2,1H3,(H,19,20,21). The molecular formula is C17H18ClN5. The third-order valence-corrected chi connectivity index (χ3v) is 4.80. The Balaban J connectivity index is 1.82. The molecule has 1 fully saturated rings. The molecule has 5 nitrogen and oxygen atoms in total. The Kier molecular flexibility index (Phi) is 3.65. The fraction of sp³-hybridized carbons (Fsp3) is 0.353. The van der Waals surface area contributed by atoms with Crippen LogP contribution in [0.1, 0.15) is 25.7 Å². The molecule has 0 aliphatic heterocycles. The molecule has 1 N–H and O–H groups in total. The normalized spacial score (nSPS) is 15.4. The van der Waals surface area contributed by atoms with Crippen LogP contribution < -0.4 is 5.32 Å². The average molecular weight is 328 g/mol. The van der Waals surface area contributed by atoms with Gasteiger partial charge in [-0.2, -0.15) is 0 Å². The molecule has 0 amide bonds. The van der Waals surface area contributed by atoms with Gasteiger partial charge in [0, 0.05) is 18.7 Å². The number of hydrogen-bond acceptors (Lipinski definition) is 4. The van der Waals surface area contributed by atoms with E-state index >= 15 is 0 Å². The van der Waals surface area contributed by atoms with Gasteiger partial charge < -0.3 is 9.88 Å². The number of benzene rings is 1. The maximum Gasteiger partial charge on any atom is 0.165 e. The van der Waals surface area contributed by atoms with Crippen molar-refractivity contribution in [3.8, 4) is 11.4 Å². The van der Waals surface area contributed by atoms with Gasteiger partial charge in [-0.25, -0.2) is 15.0 Å². The Labute approximate surface area is 139 Å². The molecule has 1 aliphatic carbocycles. The number of anilines is 1. The maximum absolute atomic E-state index is 6.33. The predicted molar refractivity (Wildman–Crippen MR) is 92.6 cm³/mol. The van der Waals surface area contributed by atoms with Crippen LogP contribution in [0.25, 0.3) is 22.6 Å². The van der Waals surface area contributed by atoms with Crippen molar-refractivity contribution in [2.45, 2.75) is 31.7 Å². The van der Waals surface area contributed by atoms with E-state index in [-0.39, 0.29) is 0 Å². The zero-order chi connectivity index (χ0) is 15.8. The number of nitrogens with zero attached hydrogens (tertiary/aromatic N) is 4. The van der Waals surface area contributed by atoms with E-state index in [9.17, 15) is 0 Å². The number of imidazole rings is 1. The first-order valence-electron chi connectivity index (χ1n) is 7.93. The van der Waals surface area contributed by atoms with Crippen LogP contribution in [0, 0.1) is 0 Å². The van der Waals surface area contributed by atoms with Gasteiger partial charge in [0.1, 0.15) is 12.2 Å². The fourth-order valence-corrected chi connectivity index (χ4v) is 3.47. The second-order valence-corrected chi connectivity index (χ2v) is 6.40. The predicted octanol–water partition coefficient (Wildman–Crippen LogP) is 4.04. The number of aromatic nitrogens is 4. The third-order valence-electron chi connectivity index (χ3n) is 4.47. The molecule has 0 spiro atoms. The first-order valence-corrected chi connectivity index (χ1v) is 8.30. The smallest absolute Gasteiger partial charge is 0.165 e. The molecule has 4 rings (SSSR count). The molecule has 118 valence electrons. The maximum atomic E-state index is 6.33. The Morgan fingerprint density at radius 1 is 1.17 bits per heavy atom. The molecule has 6 heteroatoms. The summed E-state index contributed by atoms with van der Waals surface area (Å²) in [6.45, 7) is 0. The van der Waals surface area contributed by atoms with E-state index in [2.05, 4.69) is 15.3 Å². The largest absolute Gasteiger partial charge is 0.365 e. The number of aryl methyl sites for hydroxylation is 1. The van der Waals surface area contributed by atoms with Crippen molar-refractivity contribution < 1.29 is 0 Å². The molecule has 1 aliphatic rings. The van der Waals surface area contributed by atoms with Crippen molar-refractivity contribution in [3.05, 3.63) is 35.6 Å². The molecule has 2 aromatic heterocycles. The molecule has 2 heterocycles. The molecular weight excluding hydrogens is 310 g/mol. The van der Waals surface area contributed by atoms with Gasteiger partial charge in [0.25, 0.3) is 0 Å². The number of hydrogen-bond donors (Lipinski definition) is 1. The van der Waals surface area contributed by atoms with Crippen molar-refractivity contribution in [2.24, 2.45) is 7.05 Å². The van der Waals surface area contributed by atoms with Crippen LogP contribution in [0.5, 0.6) is 0 Å². The van der Waals surface area contributed by atoms with Gasteiger partial charge in [0.05, 0.1) is 5.02 Å². The van der Waals surface area contributed by atoms with Crippen LogP contribution in [-0.4, -0.2) is 25.6 Å². The summed E-state index contributed by atoms with van der Waals surface area (Å²) in [5.74, 6) is 1.62. The van der Waals surface area contributed by atoms with E-state index in [0.29, 0.717) is 11.1 Å². The SMILES string of the molecule is Cn1c(-c2ccccc2Cl)nc2c(NC3CCCC3)ncnc21. The minimum absolute atomic E-state index is 0.485. The van der Waals surface area contributed by atoms with Gasteiger partial charge in [0.2, 0.25) is 0 Å². The highest BCUT2D eigenvalue weighted by Gasteiger charge is 2.20. The molecule has 1 saturated carbocycles. The van der Waals surface area contributed by atoms with Crippen molar-refractivity contribution in [3.63, 3.8) is 0 Å². The van der Waals surface area contributed by atoms with E-state index in [1.165, 1.54) is 25.7 Å². The third kappa shape index (κ3) is 2.55. The Bertz CT molecular complexity index is 851. The summed E-state index contributed by atoms with van der Waals surface area (Å²) in [5, 5.41) is 4.21. The quantitative estimate of drug-likeness (QED) is 0.788. The lowest BCUT2D eigenvalue weighted by atomic mass is 10.2. The molecule has 1 aromatic carbocycles. The minimum atomic E-state index is 0.485. The molecule has 0 unspecified atom stereocenters. The lowest BCUT2D eigenvalue weighted by Gasteiger charge is -2.12. The summed E-state index contributed by atoms with van der Waals surface area (Å²) in [6.07, 6.45) is 6.53. The highest BCUT2D eigenvalue weighted by molar-refractivity contribution is 6.33. The Hall–Kier alpha value is -2.14. The molecule has 0 bridgehead atoms. The summed E-state index contributed by atoms with van der Waals surface area (Å²) in [6, 6.07) is 8.21. The summed E-state index contributed by atoms with van der Waals surface area (Å²) in [5.41, 5.74) is 2.52. The van der Waals surface area contributed by atoms with E-state index in [1.807, 2.05) is 35.9 Å². The second kappa shape index (κ2) is 5.81. The molecule has 23 heavy (non-hydrogen) atoms. The van der Waals surface area contributed by atoms with Crippen molar-refractivity contribution in [2.75, 3.05) is 5.32 Å². The van der Waals surface area contributed by atoms with Crippen molar-refractivity contribution in [1.29, 1.82) is 0 Å². The lowest BCUT2D eigenvalue weighted by Crippen LogP contribution is -2.15. The first kappa shape index (κ1) is 14.5. The fourth-order valence-electron chi connectivity index (χ4n) is 3.25. The van der Waals surface area contributed by atoms with Gasteiger partial charge in [0.15, 0.2) is 17.0 Å². The average Bonchev–Trinajstić information content (AvgIpc) is 3.17. The topological polar surface area (TPSA) is 55.6 Å². The van der Waals surface area contributed by atoms with E-state index < -0.39 is 0 Å². The van der Waals surface area contributed by atoms with Crippen molar-refractivity contribution in [1.82, 2.24) is 19.5 Å². The van der Waals surface area contributed by atoms with Crippen LogP contribution in [0.3, 0.4) is 0 Å². The van der Waals surface area contributed by atoms with Crippen LogP contribution in [0.4, 0.5) is 5.82 Å². The van der Waals surface area contributed by atoms with Crippen molar-refractivity contribution >= 4 is 28.6 Å². The van der Waals surface area contributed by atoms with E-state index in [1.54, 1.807) is 6.33 Å². The zero-order valence-electron chi connectivity index (χ0n) is 13.0. The Morgan fingerprint density at radius 3 is 2.74 bits per heavy atom. The summed E-state index contributed by atoms with van der Waals surface area (Å²) in [7, 11) is 1.96. The van der Waals surface area contributed by atoms with Gasteiger partial charge >= 0.3 is 0 Å². The van der Waals surface area contributed by atoms with E-state index in [4.69, 9.17) is 16.6 Å². The first-order chi connectivity index (χ1) is 11.2.